The molecule has 0 aliphatic carbocycles. The van der Waals surface area contributed by atoms with Gasteiger partial charge >= 0.3 is 5.97 Å². The van der Waals surface area contributed by atoms with Gasteiger partial charge in [0.1, 0.15) is 0 Å². The maximum atomic E-state index is 11.5. The number of likely N-dealkylation sites (tertiary alicyclic amines) is 1. The number of aliphatic carboxylic acids is 1. The van der Waals surface area contributed by atoms with Crippen molar-refractivity contribution in [3.05, 3.63) is 35.4 Å². The first kappa shape index (κ1) is 14.1. The van der Waals surface area contributed by atoms with Gasteiger partial charge in [0.05, 0.1) is 5.92 Å². The van der Waals surface area contributed by atoms with E-state index in [1.165, 1.54) is 24.8 Å². The van der Waals surface area contributed by atoms with Crippen LogP contribution in [0.2, 0.25) is 0 Å². The molecule has 1 fully saturated rings. The predicted molar refractivity (Wildman–Crippen MR) is 76.5 cm³/mol. The average Bonchev–Trinajstić information content (AvgIpc) is 2.46. The lowest BCUT2D eigenvalue weighted by atomic mass is 9.96. The van der Waals surface area contributed by atoms with Crippen molar-refractivity contribution >= 4 is 5.97 Å². The number of hydrogen-bond donors (Lipinski definition) is 1. The minimum Gasteiger partial charge on any atom is -0.481 e. The molecular formula is C16H23NO2. The van der Waals surface area contributed by atoms with Crippen LogP contribution in [0.3, 0.4) is 0 Å². The first-order valence-electron chi connectivity index (χ1n) is 7.24. The number of nitrogens with zero attached hydrogens (tertiary/aromatic N) is 1. The van der Waals surface area contributed by atoms with Crippen LogP contribution in [0.1, 0.15) is 43.2 Å². The minimum absolute atomic E-state index is 0.399. The van der Waals surface area contributed by atoms with Crippen LogP contribution in [0.4, 0.5) is 0 Å². The monoisotopic (exact) mass is 261 g/mol. The molecule has 1 aliphatic rings. The second kappa shape index (κ2) is 6.71. The summed E-state index contributed by atoms with van der Waals surface area (Å²) >= 11 is 0. The molecule has 1 aromatic carbocycles. The molecular weight excluding hydrogens is 238 g/mol. The molecule has 1 aromatic rings. The molecule has 104 valence electrons. The molecule has 0 amide bonds. The third kappa shape index (κ3) is 3.80. The van der Waals surface area contributed by atoms with Crippen molar-refractivity contribution in [2.45, 2.75) is 38.5 Å². The van der Waals surface area contributed by atoms with Crippen LogP contribution < -0.4 is 0 Å². The lowest BCUT2D eigenvalue weighted by molar-refractivity contribution is -0.139. The lowest BCUT2D eigenvalue weighted by Crippen LogP contribution is -2.35. The van der Waals surface area contributed by atoms with E-state index in [0.717, 1.165) is 25.1 Å². The summed E-state index contributed by atoms with van der Waals surface area (Å²) in [5, 5.41) is 9.46. The lowest BCUT2D eigenvalue weighted by Gasteiger charge is -2.29. The highest BCUT2D eigenvalue weighted by Crippen LogP contribution is 2.21. The van der Waals surface area contributed by atoms with Gasteiger partial charge in [0.15, 0.2) is 0 Å². The van der Waals surface area contributed by atoms with E-state index >= 15 is 0 Å². The molecule has 3 heteroatoms. The fraction of sp³-hybridized carbons (Fsp3) is 0.562. The molecule has 1 saturated heterocycles. The van der Waals surface area contributed by atoms with E-state index in [2.05, 4.69) is 11.8 Å². The fourth-order valence-corrected chi connectivity index (χ4v) is 2.71. The van der Waals surface area contributed by atoms with E-state index in [1.54, 1.807) is 0 Å². The number of aryl methyl sites for hydroxylation is 1. The zero-order chi connectivity index (χ0) is 13.7. The molecule has 2 rings (SSSR count). The van der Waals surface area contributed by atoms with Crippen molar-refractivity contribution in [2.75, 3.05) is 19.6 Å². The van der Waals surface area contributed by atoms with Crippen LogP contribution in [-0.2, 0) is 11.2 Å². The third-order valence-corrected chi connectivity index (χ3v) is 3.98. The molecule has 0 saturated carbocycles. The Labute approximate surface area is 115 Å². The van der Waals surface area contributed by atoms with E-state index in [1.807, 2.05) is 24.3 Å². The summed E-state index contributed by atoms with van der Waals surface area (Å²) in [6.45, 7) is 4.83. The van der Waals surface area contributed by atoms with E-state index in [-0.39, 0.29) is 0 Å². The first-order chi connectivity index (χ1) is 9.20. The summed E-state index contributed by atoms with van der Waals surface area (Å²) in [5.74, 6) is -1.11. The maximum Gasteiger partial charge on any atom is 0.312 e. The first-order valence-corrected chi connectivity index (χ1v) is 7.24. The topological polar surface area (TPSA) is 40.5 Å². The van der Waals surface area contributed by atoms with E-state index < -0.39 is 11.9 Å². The van der Waals surface area contributed by atoms with Crippen LogP contribution in [0.15, 0.2) is 24.3 Å². The third-order valence-electron chi connectivity index (χ3n) is 3.98. The molecule has 0 spiro atoms. The average molecular weight is 261 g/mol. The number of hydrogen-bond acceptors (Lipinski definition) is 2. The van der Waals surface area contributed by atoms with Crippen LogP contribution >= 0.6 is 0 Å². The normalized spacial score (nSPS) is 18.2. The largest absolute Gasteiger partial charge is 0.481 e. The zero-order valence-electron chi connectivity index (χ0n) is 11.6. The summed E-state index contributed by atoms with van der Waals surface area (Å²) in [5.41, 5.74) is 2.18. The zero-order valence-corrected chi connectivity index (χ0v) is 11.6. The highest BCUT2D eigenvalue weighted by molar-refractivity contribution is 5.76. The van der Waals surface area contributed by atoms with E-state index in [0.29, 0.717) is 6.54 Å². The van der Waals surface area contributed by atoms with Crippen molar-refractivity contribution in [3.8, 4) is 0 Å². The van der Waals surface area contributed by atoms with Crippen LogP contribution in [0, 0.1) is 0 Å². The number of rotatable bonds is 5. The van der Waals surface area contributed by atoms with Gasteiger partial charge in [-0.2, -0.15) is 0 Å². The maximum absolute atomic E-state index is 11.5. The van der Waals surface area contributed by atoms with Gasteiger partial charge in [0, 0.05) is 6.54 Å². The van der Waals surface area contributed by atoms with Gasteiger partial charge in [-0.15, -0.1) is 0 Å². The Kier molecular flexibility index (Phi) is 4.97. The smallest absolute Gasteiger partial charge is 0.312 e. The second-order valence-electron chi connectivity index (χ2n) is 5.35. The predicted octanol–water partition coefficient (Wildman–Crippen LogP) is 2.90. The summed E-state index contributed by atoms with van der Waals surface area (Å²) in [6.07, 6.45) is 4.66. The SMILES string of the molecule is CCc1ccc(C(CN2CCCCC2)C(=O)O)cc1. The molecule has 3 nitrogen and oxygen atoms in total. The van der Waals surface area contributed by atoms with Crippen LogP contribution in [-0.4, -0.2) is 35.6 Å². The molecule has 0 bridgehead atoms. The van der Waals surface area contributed by atoms with Crippen molar-refractivity contribution in [2.24, 2.45) is 0 Å². The van der Waals surface area contributed by atoms with E-state index in [4.69, 9.17) is 0 Å². The van der Waals surface area contributed by atoms with Crippen molar-refractivity contribution in [3.63, 3.8) is 0 Å². The Balaban J connectivity index is 2.07. The number of carboxylic acids is 1. The van der Waals surface area contributed by atoms with Gasteiger partial charge in [0.2, 0.25) is 0 Å². The minimum atomic E-state index is -0.713. The molecule has 0 radical (unpaired) electrons. The van der Waals surface area contributed by atoms with Crippen molar-refractivity contribution < 1.29 is 9.90 Å². The van der Waals surface area contributed by atoms with Crippen molar-refractivity contribution in [1.82, 2.24) is 4.90 Å². The molecule has 0 aromatic heterocycles. The number of carbonyl (C=O) groups is 1. The van der Waals surface area contributed by atoms with Crippen LogP contribution in [0.5, 0.6) is 0 Å². The second-order valence-corrected chi connectivity index (χ2v) is 5.35. The molecule has 1 atom stereocenters. The number of carboxylic acid groups (broad SMARTS) is 1. The number of piperidine rings is 1. The molecule has 19 heavy (non-hydrogen) atoms. The number of benzene rings is 1. The van der Waals surface area contributed by atoms with Gasteiger partial charge in [-0.1, -0.05) is 37.6 Å². The molecule has 1 aliphatic heterocycles. The standard InChI is InChI=1S/C16H23NO2/c1-2-13-6-8-14(9-7-13)15(16(18)19)12-17-10-4-3-5-11-17/h6-9,15H,2-5,10-12H2,1H3,(H,18,19). The quantitative estimate of drug-likeness (QED) is 0.886. The Morgan fingerprint density at radius 3 is 2.37 bits per heavy atom. The highest BCUT2D eigenvalue weighted by Gasteiger charge is 2.23. The molecule has 1 N–H and O–H groups in total. The Morgan fingerprint density at radius 1 is 1.21 bits per heavy atom. The summed E-state index contributed by atoms with van der Waals surface area (Å²) in [6, 6.07) is 8.03. The van der Waals surface area contributed by atoms with Crippen LogP contribution in [0.25, 0.3) is 0 Å². The fourth-order valence-electron chi connectivity index (χ4n) is 2.71. The van der Waals surface area contributed by atoms with Crippen molar-refractivity contribution in [1.29, 1.82) is 0 Å². The van der Waals surface area contributed by atoms with Gasteiger partial charge in [-0.25, -0.2) is 0 Å². The van der Waals surface area contributed by atoms with Gasteiger partial charge in [-0.05, 0) is 43.5 Å². The summed E-state index contributed by atoms with van der Waals surface area (Å²) in [7, 11) is 0. The van der Waals surface area contributed by atoms with Gasteiger partial charge < -0.3 is 10.0 Å². The van der Waals surface area contributed by atoms with Gasteiger partial charge in [-0.3, -0.25) is 4.79 Å². The Hall–Kier alpha value is -1.35. The summed E-state index contributed by atoms with van der Waals surface area (Å²) in [4.78, 5) is 13.8. The van der Waals surface area contributed by atoms with Gasteiger partial charge in [0.25, 0.3) is 0 Å². The highest BCUT2D eigenvalue weighted by atomic mass is 16.4. The van der Waals surface area contributed by atoms with E-state index in [9.17, 15) is 9.90 Å². The molecule has 1 heterocycles. The summed E-state index contributed by atoms with van der Waals surface area (Å²) < 4.78 is 0. The Morgan fingerprint density at radius 2 is 1.84 bits per heavy atom. The molecule has 1 unspecified atom stereocenters. The Bertz CT molecular complexity index is 407.